The van der Waals surface area contributed by atoms with Gasteiger partial charge in [-0.2, -0.15) is 0 Å². The molecule has 0 bridgehead atoms. The normalized spacial score (nSPS) is 21.2. The van der Waals surface area contributed by atoms with E-state index in [1.807, 2.05) is 58.3 Å². The number of nitrogens with one attached hydrogen (secondary N) is 3. The zero-order valence-electron chi connectivity index (χ0n) is 7.57. The van der Waals surface area contributed by atoms with Crippen LogP contribution in [0.5, 0.6) is 0 Å². The smallest absolute Gasteiger partial charge is 0.299 e. The van der Waals surface area contributed by atoms with Gasteiger partial charge in [0.15, 0.2) is 0 Å². The van der Waals surface area contributed by atoms with Crippen LogP contribution >= 0.6 is 0 Å². The summed E-state index contributed by atoms with van der Waals surface area (Å²) in [7, 11) is 11.1. The first-order valence-electron chi connectivity index (χ1n) is 3.72. The molecule has 6 nitrogen and oxygen atoms in total. The van der Waals surface area contributed by atoms with Crippen molar-refractivity contribution >= 4 is 22.6 Å². The van der Waals surface area contributed by atoms with E-state index >= 15 is 0 Å². The summed E-state index contributed by atoms with van der Waals surface area (Å²) in [4.78, 5) is 5.44. The molecule has 0 amide bonds. The van der Waals surface area contributed by atoms with Gasteiger partial charge in [0.05, 0.1) is 0 Å². The Morgan fingerprint density at radius 1 is 0.667 bits per heavy atom. The van der Waals surface area contributed by atoms with Gasteiger partial charge in [-0.1, -0.05) is 0 Å². The van der Waals surface area contributed by atoms with Crippen LogP contribution in [0.25, 0.3) is 0 Å². The molecule has 12 heavy (non-hydrogen) atoms. The highest BCUT2D eigenvalue weighted by atomic mass is 15.6. The van der Waals surface area contributed by atoms with E-state index in [0.29, 0.717) is 0 Å². The molecule has 0 aromatic rings. The molecule has 63 valence electrons. The SMILES string of the molecule is CNN1[B]N(NC)[B]N(NC)[B]1. The fourth-order valence-electron chi connectivity index (χ4n) is 0.838. The summed E-state index contributed by atoms with van der Waals surface area (Å²) in [6.07, 6.45) is 0. The van der Waals surface area contributed by atoms with Gasteiger partial charge < -0.3 is 0 Å². The minimum atomic E-state index is 1.81. The highest BCUT2D eigenvalue weighted by molar-refractivity contribution is 6.64. The molecule has 0 spiro atoms. The Morgan fingerprint density at radius 2 is 0.917 bits per heavy atom. The molecule has 0 saturated carbocycles. The third-order valence-corrected chi connectivity index (χ3v) is 1.52. The van der Waals surface area contributed by atoms with E-state index in [0.717, 1.165) is 0 Å². The van der Waals surface area contributed by atoms with E-state index in [-0.39, 0.29) is 0 Å². The van der Waals surface area contributed by atoms with Crippen LogP contribution in [0.15, 0.2) is 0 Å². The van der Waals surface area contributed by atoms with Crippen LogP contribution in [0.2, 0.25) is 0 Å². The van der Waals surface area contributed by atoms with Gasteiger partial charge in [-0.25, -0.2) is 0 Å². The summed E-state index contributed by atoms with van der Waals surface area (Å²) in [5.74, 6) is 0. The Bertz CT molecular complexity index is 105. The average molecular weight is 165 g/mol. The second-order valence-electron chi connectivity index (χ2n) is 2.24. The summed E-state index contributed by atoms with van der Waals surface area (Å²) in [5, 5.41) is 0. The third-order valence-electron chi connectivity index (χ3n) is 1.52. The van der Waals surface area contributed by atoms with Gasteiger partial charge in [0, 0.05) is 0 Å². The molecule has 0 aliphatic carbocycles. The standard InChI is InChI=1S/C3H12B3N6/c1-7-10-4-11(8-2)6-12(5-10)9-3/h7-9H,1-3H3. The van der Waals surface area contributed by atoms with E-state index in [1.165, 1.54) is 0 Å². The number of hydrogen-bond acceptors (Lipinski definition) is 6. The molecule has 0 atom stereocenters. The quantitative estimate of drug-likeness (QED) is 0.385. The minimum absolute atomic E-state index is 1.81. The molecule has 9 heteroatoms. The minimum Gasteiger partial charge on any atom is -0.299 e. The maximum atomic E-state index is 2.97. The number of hydrogen-bond donors (Lipinski definition) is 3. The Labute approximate surface area is 75.4 Å². The predicted molar refractivity (Wildman–Crippen MR) is 50.0 cm³/mol. The second-order valence-corrected chi connectivity index (χ2v) is 2.24. The molecule has 1 rings (SSSR count). The van der Waals surface area contributed by atoms with Crippen LogP contribution in [0.4, 0.5) is 0 Å². The molecule has 1 aliphatic rings. The van der Waals surface area contributed by atoms with Crippen molar-refractivity contribution in [3.8, 4) is 0 Å². The maximum absolute atomic E-state index is 2.97. The first-order chi connectivity index (χ1) is 5.80. The molecule has 0 unspecified atom stereocenters. The van der Waals surface area contributed by atoms with E-state index in [2.05, 4.69) is 16.3 Å². The lowest BCUT2D eigenvalue weighted by molar-refractivity contribution is 0.373. The topological polar surface area (TPSA) is 45.8 Å². The Balaban J connectivity index is 2.41. The van der Waals surface area contributed by atoms with Crippen molar-refractivity contribution < 1.29 is 0 Å². The third kappa shape index (κ3) is 2.48. The summed E-state index contributed by atoms with van der Waals surface area (Å²) in [5.41, 5.74) is 8.91. The van der Waals surface area contributed by atoms with Crippen LogP contribution in [-0.4, -0.2) is 58.3 Å². The summed E-state index contributed by atoms with van der Waals surface area (Å²) in [6, 6.07) is 0. The highest BCUT2D eigenvalue weighted by Gasteiger charge is 2.26. The van der Waals surface area contributed by atoms with Crippen LogP contribution in [-0.2, 0) is 0 Å². The van der Waals surface area contributed by atoms with E-state index < -0.39 is 0 Å². The van der Waals surface area contributed by atoms with Gasteiger partial charge in [0.2, 0.25) is 0 Å². The summed E-state index contributed by atoms with van der Waals surface area (Å²) in [6.45, 7) is 0. The number of rotatable bonds is 3. The fraction of sp³-hybridized carbons (Fsp3) is 1.00. The number of nitrogens with zero attached hydrogens (tertiary/aromatic N) is 3. The van der Waals surface area contributed by atoms with Crippen molar-refractivity contribution in [2.24, 2.45) is 0 Å². The summed E-state index contributed by atoms with van der Waals surface area (Å²) >= 11 is 0. The first kappa shape index (κ1) is 10.0. The van der Waals surface area contributed by atoms with Gasteiger partial charge in [0.1, 0.15) is 0 Å². The Kier molecular flexibility index (Phi) is 4.06. The van der Waals surface area contributed by atoms with Crippen LogP contribution in [0.1, 0.15) is 0 Å². The lowest BCUT2D eigenvalue weighted by Crippen LogP contribution is -2.69. The average Bonchev–Trinajstić information content (AvgIpc) is 2.16. The van der Waals surface area contributed by atoms with Gasteiger partial charge in [-0.3, -0.25) is 30.8 Å². The number of hydrazine groups is 3. The van der Waals surface area contributed by atoms with Gasteiger partial charge in [0.25, 0.3) is 0 Å². The first-order valence-corrected chi connectivity index (χ1v) is 3.72. The largest absolute Gasteiger partial charge is 0.320 e. The lowest BCUT2D eigenvalue weighted by atomic mass is 9.80. The predicted octanol–water partition coefficient (Wildman–Crippen LogP) is -3.09. The van der Waals surface area contributed by atoms with Crippen LogP contribution < -0.4 is 16.3 Å². The van der Waals surface area contributed by atoms with Crippen molar-refractivity contribution in [3.05, 3.63) is 0 Å². The Hall–Kier alpha value is -0.0452. The maximum Gasteiger partial charge on any atom is 0.320 e. The summed E-state index contributed by atoms with van der Waals surface area (Å²) < 4.78 is 0. The molecule has 3 radical (unpaired) electrons. The van der Waals surface area contributed by atoms with Crippen molar-refractivity contribution in [2.45, 2.75) is 0 Å². The second kappa shape index (κ2) is 4.85. The molecule has 1 fully saturated rings. The van der Waals surface area contributed by atoms with Crippen molar-refractivity contribution in [1.82, 2.24) is 30.8 Å². The van der Waals surface area contributed by atoms with Crippen LogP contribution in [0, 0.1) is 0 Å². The Morgan fingerprint density at radius 3 is 1.08 bits per heavy atom. The zero-order valence-corrected chi connectivity index (χ0v) is 7.57. The van der Waals surface area contributed by atoms with Crippen molar-refractivity contribution in [1.29, 1.82) is 0 Å². The fourth-order valence-corrected chi connectivity index (χ4v) is 0.838. The molecule has 1 heterocycles. The lowest BCUT2D eigenvalue weighted by Gasteiger charge is -2.38. The monoisotopic (exact) mass is 165 g/mol. The highest BCUT2D eigenvalue weighted by Crippen LogP contribution is 1.91. The van der Waals surface area contributed by atoms with Gasteiger partial charge in [-0.15, -0.1) is 0 Å². The molecule has 0 aromatic heterocycles. The van der Waals surface area contributed by atoms with Crippen molar-refractivity contribution in [3.63, 3.8) is 0 Å². The molecule has 3 N–H and O–H groups in total. The van der Waals surface area contributed by atoms with Gasteiger partial charge in [-0.05, 0) is 21.1 Å². The van der Waals surface area contributed by atoms with Crippen LogP contribution in [0.3, 0.4) is 0 Å². The molecule has 1 saturated heterocycles. The van der Waals surface area contributed by atoms with Gasteiger partial charge >= 0.3 is 22.6 Å². The molecular formula is C3H12B3N6. The van der Waals surface area contributed by atoms with Crippen molar-refractivity contribution in [2.75, 3.05) is 21.1 Å². The molecule has 0 aromatic carbocycles. The van der Waals surface area contributed by atoms with E-state index in [4.69, 9.17) is 0 Å². The molecule has 1 aliphatic heterocycles. The van der Waals surface area contributed by atoms with E-state index in [1.54, 1.807) is 0 Å². The van der Waals surface area contributed by atoms with E-state index in [9.17, 15) is 0 Å². The zero-order chi connectivity index (χ0) is 8.97. The molecular weight excluding hydrogens is 153 g/mol.